The number of hydrogen-bond donors (Lipinski definition) is 0. The SMILES string of the molecule is CCOc1nc(C)c2nc(-c3cncc(F)c3)n(Cc3cnc(C4CN5CCC4CC5)cc3C)c2n1. The number of ether oxygens (including phenoxy) is 1. The third kappa shape index (κ3) is 4.11. The largest absolute Gasteiger partial charge is 0.464 e. The predicted molar refractivity (Wildman–Crippen MR) is 134 cm³/mol. The molecule has 0 spiro atoms. The van der Waals surface area contributed by atoms with Crippen LogP contribution in [0.4, 0.5) is 4.39 Å². The second-order valence-corrected chi connectivity index (χ2v) is 9.89. The fourth-order valence-electron chi connectivity index (χ4n) is 5.66. The van der Waals surface area contributed by atoms with E-state index in [0.29, 0.717) is 53.3 Å². The van der Waals surface area contributed by atoms with Gasteiger partial charge >= 0.3 is 6.01 Å². The van der Waals surface area contributed by atoms with Crippen LogP contribution in [0.2, 0.25) is 0 Å². The number of halogens is 1. The van der Waals surface area contributed by atoms with Crippen molar-refractivity contribution in [1.82, 2.24) is 34.4 Å². The zero-order valence-corrected chi connectivity index (χ0v) is 20.9. The highest BCUT2D eigenvalue weighted by Gasteiger charge is 2.35. The molecule has 2 bridgehead atoms. The molecule has 7 rings (SSSR count). The van der Waals surface area contributed by atoms with Gasteiger partial charge in [-0.3, -0.25) is 9.97 Å². The first-order chi connectivity index (χ1) is 17.5. The molecule has 1 atom stereocenters. The van der Waals surface area contributed by atoms with Crippen molar-refractivity contribution in [2.24, 2.45) is 5.92 Å². The number of fused-ring (bicyclic) bond motifs is 4. The number of rotatable bonds is 6. The minimum atomic E-state index is -0.413. The molecule has 186 valence electrons. The fraction of sp³-hybridized carbons (Fsp3) is 0.444. The Labute approximate surface area is 209 Å². The highest BCUT2D eigenvalue weighted by atomic mass is 19.1. The smallest absolute Gasteiger partial charge is 0.318 e. The molecule has 4 aromatic heterocycles. The van der Waals surface area contributed by atoms with Crippen molar-refractivity contribution in [3.8, 4) is 17.4 Å². The number of hydrogen-bond acceptors (Lipinski definition) is 7. The van der Waals surface area contributed by atoms with Gasteiger partial charge in [0.25, 0.3) is 0 Å². The lowest BCUT2D eigenvalue weighted by Gasteiger charge is -2.44. The first-order valence-electron chi connectivity index (χ1n) is 12.7. The molecular weight excluding hydrogens is 457 g/mol. The van der Waals surface area contributed by atoms with E-state index < -0.39 is 5.82 Å². The maximum atomic E-state index is 14.1. The van der Waals surface area contributed by atoms with Crippen LogP contribution in [0.25, 0.3) is 22.6 Å². The Morgan fingerprint density at radius 1 is 1.06 bits per heavy atom. The van der Waals surface area contributed by atoms with E-state index in [1.54, 1.807) is 6.20 Å². The van der Waals surface area contributed by atoms with Crippen molar-refractivity contribution in [1.29, 1.82) is 0 Å². The second-order valence-electron chi connectivity index (χ2n) is 9.89. The van der Waals surface area contributed by atoms with Crippen molar-refractivity contribution < 1.29 is 9.13 Å². The Hall–Kier alpha value is -3.46. The van der Waals surface area contributed by atoms with E-state index >= 15 is 0 Å². The van der Waals surface area contributed by atoms with Crippen LogP contribution in [0.5, 0.6) is 6.01 Å². The summed E-state index contributed by atoms with van der Waals surface area (Å²) in [6, 6.07) is 3.99. The summed E-state index contributed by atoms with van der Waals surface area (Å²) in [5, 5.41) is 0. The molecule has 0 saturated carbocycles. The van der Waals surface area contributed by atoms with Gasteiger partial charge in [-0.25, -0.2) is 9.37 Å². The van der Waals surface area contributed by atoms with Crippen LogP contribution in [-0.4, -0.2) is 60.6 Å². The monoisotopic (exact) mass is 487 g/mol. The van der Waals surface area contributed by atoms with Crippen molar-refractivity contribution >= 4 is 11.2 Å². The van der Waals surface area contributed by atoms with E-state index in [0.717, 1.165) is 18.0 Å². The van der Waals surface area contributed by atoms with Crippen LogP contribution in [0.3, 0.4) is 0 Å². The molecule has 3 saturated heterocycles. The Balaban J connectivity index is 1.42. The van der Waals surface area contributed by atoms with Gasteiger partial charge in [-0.15, -0.1) is 0 Å². The number of imidazole rings is 1. The number of pyridine rings is 2. The summed E-state index contributed by atoms with van der Waals surface area (Å²) in [5.41, 5.74) is 6.03. The molecule has 0 aromatic carbocycles. The first-order valence-corrected chi connectivity index (χ1v) is 12.7. The molecule has 36 heavy (non-hydrogen) atoms. The lowest BCUT2D eigenvalue weighted by Crippen LogP contribution is -2.46. The zero-order chi connectivity index (χ0) is 24.8. The molecule has 3 aliphatic rings. The summed E-state index contributed by atoms with van der Waals surface area (Å²) in [6.45, 7) is 10.4. The molecule has 3 aliphatic heterocycles. The highest BCUT2D eigenvalue weighted by Crippen LogP contribution is 2.38. The lowest BCUT2D eigenvalue weighted by molar-refractivity contribution is 0.0854. The van der Waals surface area contributed by atoms with E-state index in [2.05, 4.69) is 32.8 Å². The summed E-state index contributed by atoms with van der Waals surface area (Å²) < 4.78 is 21.7. The van der Waals surface area contributed by atoms with E-state index in [9.17, 15) is 4.39 Å². The topological polar surface area (TPSA) is 81.8 Å². The molecule has 3 fully saturated rings. The Kier molecular flexibility index (Phi) is 5.87. The van der Waals surface area contributed by atoms with Gasteiger partial charge in [0.15, 0.2) is 5.65 Å². The highest BCUT2D eigenvalue weighted by molar-refractivity contribution is 5.79. The van der Waals surface area contributed by atoms with Crippen LogP contribution in [0.15, 0.2) is 30.7 Å². The van der Waals surface area contributed by atoms with Gasteiger partial charge in [-0.2, -0.15) is 9.97 Å². The molecule has 0 amide bonds. The normalized spacial score (nSPS) is 21.3. The molecule has 0 aliphatic carbocycles. The number of nitrogens with zero attached hydrogens (tertiary/aromatic N) is 7. The molecule has 4 aromatic rings. The van der Waals surface area contributed by atoms with Gasteiger partial charge in [-0.05, 0) is 75.9 Å². The van der Waals surface area contributed by atoms with Gasteiger partial charge in [0.1, 0.15) is 17.2 Å². The third-order valence-electron chi connectivity index (χ3n) is 7.59. The minimum absolute atomic E-state index is 0.306. The molecule has 1 unspecified atom stereocenters. The molecule has 7 heterocycles. The predicted octanol–water partition coefficient (Wildman–Crippen LogP) is 4.30. The standard InChI is InChI=1S/C27H30FN7O/c1-4-36-27-31-17(3)24-26(33-27)35(25(32-24)19-10-21(28)13-29-11-19)14-20-12-30-23(9-16(20)2)22-15-34-7-5-18(22)6-8-34/h9-13,18,22H,4-8,14-15H2,1-3H3. The number of piperidine rings is 3. The average Bonchev–Trinajstić information content (AvgIpc) is 3.25. The number of aryl methyl sites for hydroxylation is 2. The average molecular weight is 488 g/mol. The van der Waals surface area contributed by atoms with Crippen LogP contribution in [-0.2, 0) is 6.54 Å². The van der Waals surface area contributed by atoms with Crippen molar-refractivity contribution in [3.05, 3.63) is 59.1 Å². The number of aromatic nitrogens is 6. The summed E-state index contributed by atoms with van der Waals surface area (Å²) in [5.74, 6) is 1.41. The van der Waals surface area contributed by atoms with E-state index in [1.807, 2.05) is 24.6 Å². The van der Waals surface area contributed by atoms with E-state index in [-0.39, 0.29) is 0 Å². The Morgan fingerprint density at radius 2 is 1.89 bits per heavy atom. The van der Waals surface area contributed by atoms with Crippen molar-refractivity contribution in [3.63, 3.8) is 0 Å². The fourth-order valence-corrected chi connectivity index (χ4v) is 5.66. The van der Waals surface area contributed by atoms with Gasteiger partial charge in [0.05, 0.1) is 25.0 Å². The quantitative estimate of drug-likeness (QED) is 0.401. The van der Waals surface area contributed by atoms with Crippen molar-refractivity contribution in [2.75, 3.05) is 26.2 Å². The zero-order valence-electron chi connectivity index (χ0n) is 20.9. The van der Waals surface area contributed by atoms with E-state index in [4.69, 9.17) is 14.7 Å². The summed E-state index contributed by atoms with van der Waals surface area (Å²) in [7, 11) is 0. The van der Waals surface area contributed by atoms with Crippen LogP contribution >= 0.6 is 0 Å². The maximum absolute atomic E-state index is 14.1. The van der Waals surface area contributed by atoms with E-state index in [1.165, 1.54) is 49.5 Å². The molecule has 8 nitrogen and oxygen atoms in total. The van der Waals surface area contributed by atoms with Crippen LogP contribution in [0.1, 0.15) is 48.2 Å². The first kappa shape index (κ1) is 23.0. The second kappa shape index (κ2) is 9.20. The van der Waals surface area contributed by atoms with Gasteiger partial charge < -0.3 is 14.2 Å². The van der Waals surface area contributed by atoms with Crippen LogP contribution < -0.4 is 4.74 Å². The lowest BCUT2D eigenvalue weighted by atomic mass is 9.77. The maximum Gasteiger partial charge on any atom is 0.318 e. The molecule has 0 radical (unpaired) electrons. The molecule has 0 N–H and O–H groups in total. The Morgan fingerprint density at radius 3 is 2.58 bits per heavy atom. The van der Waals surface area contributed by atoms with Crippen molar-refractivity contribution in [2.45, 2.75) is 46.1 Å². The van der Waals surface area contributed by atoms with Gasteiger partial charge in [0.2, 0.25) is 0 Å². The summed E-state index contributed by atoms with van der Waals surface area (Å²) >= 11 is 0. The molecular formula is C27H30FN7O. The van der Waals surface area contributed by atoms with Gasteiger partial charge in [-0.1, -0.05) is 0 Å². The third-order valence-corrected chi connectivity index (χ3v) is 7.59. The summed E-state index contributed by atoms with van der Waals surface area (Å²) in [4.78, 5) is 25.5. The van der Waals surface area contributed by atoms with Crippen LogP contribution in [0, 0.1) is 25.6 Å². The Bertz CT molecular complexity index is 1430. The minimum Gasteiger partial charge on any atom is -0.464 e. The van der Waals surface area contributed by atoms with Gasteiger partial charge in [0, 0.05) is 36.1 Å². The molecule has 9 heteroatoms. The summed E-state index contributed by atoms with van der Waals surface area (Å²) in [6.07, 6.45) is 7.32.